The number of hydrazone groups is 1. The van der Waals surface area contributed by atoms with Crippen molar-refractivity contribution in [2.75, 3.05) is 6.54 Å². The maximum Gasteiger partial charge on any atom is 1.00 e. The molecule has 0 unspecified atom stereocenters. The molecule has 1 aromatic rings. The first-order valence-corrected chi connectivity index (χ1v) is 5.32. The second kappa shape index (κ2) is 8.91. The second-order valence-corrected chi connectivity index (χ2v) is 3.60. The van der Waals surface area contributed by atoms with Crippen molar-refractivity contribution in [2.45, 2.75) is 13.8 Å². The molecule has 1 aromatic carbocycles. The van der Waals surface area contributed by atoms with Crippen LogP contribution in [-0.4, -0.2) is 18.2 Å². The second-order valence-electron chi connectivity index (χ2n) is 3.60. The summed E-state index contributed by atoms with van der Waals surface area (Å²) in [7, 11) is 0. The average molecular weight is 254 g/mol. The van der Waals surface area contributed by atoms with E-state index in [2.05, 4.69) is 10.5 Å². The normalized spacial score (nSPS) is 11.7. The molecule has 0 atom stereocenters. The molecular weight excluding hydrogens is 239 g/mol. The van der Waals surface area contributed by atoms with Gasteiger partial charge in [0, 0.05) is 0 Å². The van der Waals surface area contributed by atoms with Crippen LogP contribution in [-0.2, 0) is 4.79 Å². The van der Waals surface area contributed by atoms with Gasteiger partial charge in [0.1, 0.15) is 0 Å². The van der Waals surface area contributed by atoms with Gasteiger partial charge >= 0.3 is 29.6 Å². The minimum atomic E-state index is -1.26. The Balaban J connectivity index is 0.00000289. The van der Waals surface area contributed by atoms with E-state index >= 15 is 0 Å². The molecule has 5 heteroatoms. The van der Waals surface area contributed by atoms with Crippen LogP contribution in [0, 0.1) is 0 Å². The molecule has 0 aliphatic heterocycles. The predicted octanol–water partition coefficient (Wildman–Crippen LogP) is -2.19. The van der Waals surface area contributed by atoms with Gasteiger partial charge in [-0.25, -0.2) is 0 Å². The quantitative estimate of drug-likeness (QED) is 0.281. The molecule has 1 N–H and O–H groups in total. The van der Waals surface area contributed by atoms with Crippen molar-refractivity contribution in [3.05, 3.63) is 42.0 Å². The van der Waals surface area contributed by atoms with Crippen molar-refractivity contribution < 1.29 is 39.5 Å². The molecule has 0 radical (unpaired) electrons. The molecule has 0 spiro atoms. The number of hydrogen-bond donors (Lipinski definition) is 1. The molecular formula is C13H15N2NaO2. The van der Waals surface area contributed by atoms with Gasteiger partial charge in [0.15, 0.2) is 0 Å². The number of carbonyl (C=O) groups excluding carboxylic acids is 1. The van der Waals surface area contributed by atoms with Crippen molar-refractivity contribution in [1.29, 1.82) is 0 Å². The maximum absolute atomic E-state index is 10.4. The van der Waals surface area contributed by atoms with Gasteiger partial charge < -0.3 is 15.3 Å². The van der Waals surface area contributed by atoms with Gasteiger partial charge in [-0.15, -0.1) is 0 Å². The van der Waals surface area contributed by atoms with Crippen molar-refractivity contribution in [3.63, 3.8) is 0 Å². The Kier molecular flexibility index (Phi) is 8.37. The summed E-state index contributed by atoms with van der Waals surface area (Å²) in [5.41, 5.74) is 4.84. The molecule has 4 nitrogen and oxygen atoms in total. The molecule has 0 bridgehead atoms. The van der Waals surface area contributed by atoms with Gasteiger partial charge in [0.2, 0.25) is 0 Å². The van der Waals surface area contributed by atoms with Crippen LogP contribution in [0.4, 0.5) is 0 Å². The Labute approximate surface area is 129 Å². The number of carboxylic acids is 1. The van der Waals surface area contributed by atoms with E-state index in [4.69, 9.17) is 0 Å². The summed E-state index contributed by atoms with van der Waals surface area (Å²) in [5, 5.41) is 14.0. The van der Waals surface area contributed by atoms with Gasteiger partial charge in [0.25, 0.3) is 0 Å². The number of hydrogen-bond acceptors (Lipinski definition) is 4. The molecule has 0 amide bonds. The van der Waals surface area contributed by atoms with Gasteiger partial charge in [-0.05, 0) is 25.0 Å². The number of nitrogens with zero attached hydrogens (tertiary/aromatic N) is 1. The summed E-state index contributed by atoms with van der Waals surface area (Å²) < 4.78 is 0. The van der Waals surface area contributed by atoms with E-state index in [1.165, 1.54) is 6.92 Å². The Morgan fingerprint density at radius 3 is 2.50 bits per heavy atom. The van der Waals surface area contributed by atoms with E-state index in [1.54, 1.807) is 0 Å². The van der Waals surface area contributed by atoms with E-state index in [-0.39, 0.29) is 35.3 Å². The number of carbonyl (C=O) groups is 1. The molecule has 0 aromatic heterocycles. The third kappa shape index (κ3) is 6.00. The third-order valence-electron chi connectivity index (χ3n) is 2.27. The Bertz CT molecular complexity index is 442. The average Bonchev–Trinajstić information content (AvgIpc) is 2.35. The number of allylic oxidation sites excluding steroid dienone is 1. The summed E-state index contributed by atoms with van der Waals surface area (Å²) in [5.74, 6) is -1.26. The molecule has 0 saturated heterocycles. The van der Waals surface area contributed by atoms with Gasteiger partial charge in [-0.1, -0.05) is 36.4 Å². The Morgan fingerprint density at radius 1 is 1.33 bits per heavy atom. The third-order valence-corrected chi connectivity index (χ3v) is 2.27. The van der Waals surface area contributed by atoms with E-state index in [0.717, 1.165) is 11.1 Å². The first kappa shape index (κ1) is 16.9. The van der Waals surface area contributed by atoms with Crippen LogP contribution in [0.3, 0.4) is 0 Å². The Hall–Kier alpha value is -1.10. The smallest absolute Gasteiger partial charge is 0.543 e. The topological polar surface area (TPSA) is 64.5 Å². The minimum Gasteiger partial charge on any atom is -0.543 e. The summed E-state index contributed by atoms with van der Waals surface area (Å²) in [6, 6.07) is 9.93. The number of carboxylic acid groups (broad SMARTS) is 1. The predicted molar refractivity (Wildman–Crippen MR) is 66.2 cm³/mol. The molecule has 1 rings (SSSR count). The number of nitrogens with one attached hydrogen (secondary N) is 1. The Morgan fingerprint density at radius 2 is 1.94 bits per heavy atom. The van der Waals surface area contributed by atoms with Crippen LogP contribution in [0.2, 0.25) is 0 Å². The van der Waals surface area contributed by atoms with Crippen molar-refractivity contribution in [1.82, 2.24) is 5.43 Å². The summed E-state index contributed by atoms with van der Waals surface area (Å²) in [4.78, 5) is 10.4. The zero-order valence-corrected chi connectivity index (χ0v) is 12.9. The monoisotopic (exact) mass is 254 g/mol. The minimum absolute atomic E-state index is 0. The summed E-state index contributed by atoms with van der Waals surface area (Å²) in [6.45, 7) is 3.85. The van der Waals surface area contributed by atoms with Crippen LogP contribution < -0.4 is 40.1 Å². The van der Waals surface area contributed by atoms with Crippen LogP contribution in [0.15, 0.2) is 41.5 Å². The van der Waals surface area contributed by atoms with E-state index in [1.807, 2.05) is 43.3 Å². The van der Waals surface area contributed by atoms with Crippen LogP contribution in [0.5, 0.6) is 0 Å². The summed E-state index contributed by atoms with van der Waals surface area (Å²) >= 11 is 0. The van der Waals surface area contributed by atoms with E-state index in [9.17, 15) is 9.90 Å². The fourth-order valence-corrected chi connectivity index (χ4v) is 1.23. The fourth-order valence-electron chi connectivity index (χ4n) is 1.23. The first-order valence-electron chi connectivity index (χ1n) is 5.32. The van der Waals surface area contributed by atoms with Crippen LogP contribution in [0.25, 0.3) is 5.57 Å². The summed E-state index contributed by atoms with van der Waals surface area (Å²) in [6.07, 6.45) is 1.95. The number of aliphatic carboxylic acids is 1. The van der Waals surface area contributed by atoms with Gasteiger partial charge in [-0.2, -0.15) is 5.10 Å². The van der Waals surface area contributed by atoms with Crippen molar-refractivity contribution >= 4 is 17.3 Å². The molecule has 90 valence electrons. The number of benzene rings is 1. The molecule has 0 heterocycles. The zero-order valence-electron chi connectivity index (χ0n) is 10.9. The van der Waals surface area contributed by atoms with Crippen LogP contribution >= 0.6 is 0 Å². The van der Waals surface area contributed by atoms with E-state index in [0.29, 0.717) is 6.54 Å². The van der Waals surface area contributed by atoms with E-state index < -0.39 is 5.97 Å². The molecule has 0 fully saturated rings. The zero-order chi connectivity index (χ0) is 12.7. The molecule has 0 aliphatic rings. The largest absolute Gasteiger partial charge is 1.00 e. The SMILES string of the molecule is C/C(=N/NC/C=C(\C)c1ccccc1)C(=O)[O-].[Na+]. The number of rotatable bonds is 5. The molecule has 18 heavy (non-hydrogen) atoms. The van der Waals surface area contributed by atoms with Gasteiger partial charge in [-0.3, -0.25) is 0 Å². The fraction of sp³-hybridized carbons (Fsp3) is 0.231. The van der Waals surface area contributed by atoms with Gasteiger partial charge in [0.05, 0.1) is 18.2 Å². The molecule has 0 aliphatic carbocycles. The standard InChI is InChI=1S/C13H16N2O2.Na/c1-10(12-6-4-3-5-7-12)8-9-14-15-11(2)13(16)17;/h3-8,14H,9H2,1-2H3,(H,16,17);/q;+1/p-1/b10-8+,15-11-;. The van der Waals surface area contributed by atoms with Crippen molar-refractivity contribution in [3.8, 4) is 0 Å². The first-order chi connectivity index (χ1) is 8.11. The van der Waals surface area contributed by atoms with Crippen molar-refractivity contribution in [2.24, 2.45) is 5.10 Å². The maximum atomic E-state index is 10.4. The van der Waals surface area contributed by atoms with Crippen LogP contribution in [0.1, 0.15) is 19.4 Å². The molecule has 0 saturated carbocycles.